The average Bonchev–Trinajstić information content (AvgIpc) is 3.00. The van der Waals surface area contributed by atoms with Crippen molar-refractivity contribution in [2.24, 2.45) is 0 Å². The van der Waals surface area contributed by atoms with Crippen molar-refractivity contribution in [3.05, 3.63) is 57.5 Å². The molecule has 0 spiro atoms. The van der Waals surface area contributed by atoms with Gasteiger partial charge in [0.2, 0.25) is 0 Å². The maximum absolute atomic E-state index is 7.50. The van der Waals surface area contributed by atoms with Crippen LogP contribution in [0.15, 0.2) is 0 Å². The van der Waals surface area contributed by atoms with E-state index in [0.717, 1.165) is 5.92 Å². The second-order valence-electron chi connectivity index (χ2n) is 2.93. The van der Waals surface area contributed by atoms with Gasteiger partial charge in [-0.15, -0.1) is 0 Å². The summed E-state index contributed by atoms with van der Waals surface area (Å²) in [7, 11) is 0. The molecule has 0 N–H and O–H groups in total. The fourth-order valence-electron chi connectivity index (χ4n) is 1.39. The molecule has 2 fully saturated rings. The molecule has 0 atom stereocenters. The summed E-state index contributed by atoms with van der Waals surface area (Å²) in [5, 5.41) is 0. The summed E-state index contributed by atoms with van der Waals surface area (Å²) in [6, 6.07) is 0. The zero-order chi connectivity index (χ0) is 14.4. The second kappa shape index (κ2) is 17.7. The Morgan fingerprint density at radius 3 is 1.79 bits per heavy atom. The Morgan fingerprint density at radius 2 is 1.37 bits per heavy atom. The van der Waals surface area contributed by atoms with Crippen LogP contribution in [0.2, 0.25) is 0 Å². The minimum absolute atomic E-state index is 0. The Morgan fingerprint density at radius 1 is 0.947 bits per heavy atom. The minimum Gasteiger partial charge on any atom is 0 e. The van der Waals surface area contributed by atoms with Gasteiger partial charge in [-0.2, -0.15) is 0 Å². The van der Waals surface area contributed by atoms with Crippen LogP contribution in [0.1, 0.15) is 6.92 Å². The van der Waals surface area contributed by atoms with Crippen LogP contribution in [-0.4, -0.2) is 19.5 Å². The quantitative estimate of drug-likeness (QED) is 0.539. The van der Waals surface area contributed by atoms with Crippen molar-refractivity contribution < 1.29 is 40.8 Å². The van der Waals surface area contributed by atoms with Crippen LogP contribution >= 0.6 is 0 Å². The first kappa shape index (κ1) is 23.7. The van der Waals surface area contributed by atoms with E-state index in [4.69, 9.17) is 23.4 Å². The standard InChI is InChI=1S/C10H12O2.3CO.Cr/c1-8-4-2-3-5-9(8)10-11-6-7-12-10;3*1-2;/h2-5,10H,6-7H2,1H3;;;;. The molecule has 2 aliphatic rings. The minimum atomic E-state index is -0.133. The van der Waals surface area contributed by atoms with E-state index >= 15 is 0 Å². The SMILES string of the molecule is C[C]1[CH][CH][CH][CH][C]1C1OCCO1.[C-]#[O+].[C-]#[O+].[C-]#[O+].[Cr]. The molecule has 0 aromatic carbocycles. The summed E-state index contributed by atoms with van der Waals surface area (Å²) >= 11 is 0. The van der Waals surface area contributed by atoms with Crippen LogP contribution < -0.4 is 0 Å². The van der Waals surface area contributed by atoms with Gasteiger partial charge in [0, 0.05) is 23.3 Å². The molecule has 0 amide bonds. The first-order valence-electron chi connectivity index (χ1n) is 4.78. The molecule has 0 aromatic heterocycles. The maximum Gasteiger partial charge on any atom is 0 e. The van der Waals surface area contributed by atoms with Gasteiger partial charge >= 0.3 is 33.9 Å². The summed E-state index contributed by atoms with van der Waals surface area (Å²) in [4.78, 5) is 0. The number of hydrogen-bond donors (Lipinski definition) is 0. The molecule has 1 aliphatic heterocycles. The van der Waals surface area contributed by atoms with Gasteiger partial charge in [-0.25, -0.2) is 0 Å². The molecule has 19 heavy (non-hydrogen) atoms. The van der Waals surface area contributed by atoms with Gasteiger partial charge in [0.1, 0.15) is 0 Å². The van der Waals surface area contributed by atoms with Crippen LogP contribution in [0.5, 0.6) is 0 Å². The second-order valence-corrected chi connectivity index (χ2v) is 2.93. The molecule has 1 aliphatic carbocycles. The van der Waals surface area contributed by atoms with Crippen LogP contribution in [0.3, 0.4) is 0 Å². The van der Waals surface area contributed by atoms with E-state index in [0.29, 0.717) is 13.2 Å². The van der Waals surface area contributed by atoms with E-state index in [1.54, 1.807) is 0 Å². The molecule has 0 unspecified atom stereocenters. The van der Waals surface area contributed by atoms with Crippen molar-refractivity contribution in [3.63, 3.8) is 0 Å². The van der Waals surface area contributed by atoms with E-state index in [-0.39, 0.29) is 23.7 Å². The van der Waals surface area contributed by atoms with Crippen LogP contribution in [0, 0.1) is 57.5 Å². The molecule has 5 nitrogen and oxygen atoms in total. The van der Waals surface area contributed by atoms with Gasteiger partial charge in [0.15, 0.2) is 6.29 Å². The Balaban J connectivity index is -0.000000325. The van der Waals surface area contributed by atoms with Crippen molar-refractivity contribution in [1.82, 2.24) is 0 Å². The van der Waals surface area contributed by atoms with Crippen LogP contribution in [0.25, 0.3) is 0 Å². The van der Waals surface area contributed by atoms with Crippen LogP contribution in [0.4, 0.5) is 0 Å². The number of ether oxygens (including phenoxy) is 2. The van der Waals surface area contributed by atoms with Gasteiger partial charge < -0.3 is 9.47 Å². The zero-order valence-corrected chi connectivity index (χ0v) is 11.5. The first-order valence-corrected chi connectivity index (χ1v) is 4.78. The van der Waals surface area contributed by atoms with Crippen molar-refractivity contribution in [2.45, 2.75) is 13.2 Å². The van der Waals surface area contributed by atoms with Crippen molar-refractivity contribution >= 4 is 0 Å². The fourth-order valence-corrected chi connectivity index (χ4v) is 1.39. The number of rotatable bonds is 1. The van der Waals surface area contributed by atoms with Gasteiger partial charge in [0.05, 0.1) is 13.2 Å². The number of hydrogen-bond acceptors (Lipinski definition) is 2. The molecule has 6 heteroatoms. The van der Waals surface area contributed by atoms with Crippen molar-refractivity contribution in [2.75, 3.05) is 13.2 Å². The van der Waals surface area contributed by atoms with E-state index < -0.39 is 0 Å². The first-order chi connectivity index (χ1) is 8.88. The van der Waals surface area contributed by atoms with Gasteiger partial charge in [-0.05, 0) is 31.6 Å². The summed E-state index contributed by atoms with van der Waals surface area (Å²) in [5.41, 5.74) is 0. The average molecular weight is 300 g/mol. The third-order valence-corrected chi connectivity index (χ3v) is 2.06. The molecule has 100 valence electrons. The molecule has 1 saturated heterocycles. The van der Waals surface area contributed by atoms with Gasteiger partial charge in [-0.3, -0.25) is 0 Å². The molecule has 2 rings (SSSR count). The largest absolute Gasteiger partial charge is 0 e. The summed E-state index contributed by atoms with van der Waals surface area (Å²) in [6.45, 7) is 17.0. The third kappa shape index (κ3) is 9.24. The molecule has 6 radical (unpaired) electrons. The third-order valence-electron chi connectivity index (χ3n) is 2.06. The summed E-state index contributed by atoms with van der Waals surface area (Å²) in [6.07, 6.45) is 8.01. The van der Waals surface area contributed by atoms with E-state index in [2.05, 4.69) is 33.3 Å². The Kier molecular flexibility index (Phi) is 22.1. The van der Waals surface area contributed by atoms with Crippen molar-refractivity contribution in [3.8, 4) is 0 Å². The predicted octanol–water partition coefficient (Wildman–Crippen LogP) is 1.24. The maximum atomic E-state index is 7.50. The molecule has 0 bridgehead atoms. The molecule has 1 heterocycles. The molecular weight excluding hydrogens is 288 g/mol. The fraction of sp³-hybridized carbons (Fsp3) is 0.308. The normalized spacial score (nSPS) is 19.1. The molecule has 0 aromatic rings. The Hall–Kier alpha value is -0.328. The Labute approximate surface area is 125 Å². The van der Waals surface area contributed by atoms with Crippen molar-refractivity contribution in [1.29, 1.82) is 0 Å². The predicted molar refractivity (Wildman–Crippen MR) is 56.8 cm³/mol. The Bertz CT molecular complexity index is 231. The monoisotopic (exact) mass is 300 g/mol. The zero-order valence-electron chi connectivity index (χ0n) is 10.3. The molecule has 1 saturated carbocycles. The summed E-state index contributed by atoms with van der Waals surface area (Å²) in [5.74, 6) is 2.37. The van der Waals surface area contributed by atoms with E-state index in [9.17, 15) is 0 Å². The topological polar surface area (TPSA) is 78.2 Å². The van der Waals surface area contributed by atoms with Gasteiger partial charge in [-0.1, -0.05) is 6.92 Å². The van der Waals surface area contributed by atoms with E-state index in [1.165, 1.54) is 5.92 Å². The van der Waals surface area contributed by atoms with Crippen LogP contribution in [-0.2, 0) is 40.8 Å². The smallest absolute Gasteiger partial charge is 0 e. The summed E-state index contributed by atoms with van der Waals surface area (Å²) < 4.78 is 33.3. The van der Waals surface area contributed by atoms with Gasteiger partial charge in [0.25, 0.3) is 0 Å². The molecular formula is C13H12CrO5. The van der Waals surface area contributed by atoms with E-state index in [1.807, 2.05) is 19.3 Å².